The van der Waals surface area contributed by atoms with E-state index in [9.17, 15) is 0 Å². The van der Waals surface area contributed by atoms with Crippen molar-refractivity contribution in [2.24, 2.45) is 0 Å². The van der Waals surface area contributed by atoms with Gasteiger partial charge in [0.1, 0.15) is 16.2 Å². The Morgan fingerprint density at radius 2 is 1.82 bits per heavy atom. The summed E-state index contributed by atoms with van der Waals surface area (Å²) in [5.41, 5.74) is 0. The summed E-state index contributed by atoms with van der Waals surface area (Å²) in [6.45, 7) is 8.65. The number of anilines is 1. The number of hydrogen-bond donors (Lipinski definition) is 0. The Morgan fingerprint density at radius 1 is 1.24 bits per heavy atom. The maximum Gasteiger partial charge on any atom is 0.134 e. The van der Waals surface area contributed by atoms with Crippen LogP contribution in [0.25, 0.3) is 0 Å². The minimum atomic E-state index is 0.348. The average molecular weight is 300 g/mol. The Hall–Kier alpha value is -0.640. The van der Waals surface area contributed by atoms with E-state index in [0.717, 1.165) is 29.1 Å². The van der Waals surface area contributed by atoms with Crippen LogP contribution in [-0.4, -0.2) is 23.1 Å². The first-order valence-electron chi connectivity index (χ1n) is 6.26. The normalized spacial score (nSPS) is 11.3. The zero-order valence-corrected chi connectivity index (χ0v) is 13.0. The molecule has 0 radical (unpaired) electrons. The molecule has 0 spiro atoms. The summed E-state index contributed by atoms with van der Waals surface area (Å²) in [7, 11) is 2.11. The van der Waals surface area contributed by atoms with E-state index in [1.807, 2.05) is 6.07 Å². The van der Waals surface area contributed by atoms with Crippen LogP contribution in [-0.2, 0) is 0 Å². The second kappa shape index (κ2) is 6.34. The summed E-state index contributed by atoms with van der Waals surface area (Å²) < 4.78 is 0.865. The van der Waals surface area contributed by atoms with Crippen LogP contribution in [0.5, 0.6) is 0 Å². The fourth-order valence-corrected chi connectivity index (χ4v) is 2.27. The van der Waals surface area contributed by atoms with Gasteiger partial charge in [-0.1, -0.05) is 27.7 Å². The molecule has 0 bridgehead atoms. The monoisotopic (exact) mass is 299 g/mol. The molecule has 1 aromatic rings. The predicted molar refractivity (Wildman–Crippen MR) is 76.6 cm³/mol. The molecule has 0 amide bonds. The van der Waals surface area contributed by atoms with Crippen molar-refractivity contribution in [2.75, 3.05) is 11.9 Å². The van der Waals surface area contributed by atoms with E-state index in [-0.39, 0.29) is 0 Å². The van der Waals surface area contributed by atoms with E-state index >= 15 is 0 Å². The fourth-order valence-electron chi connectivity index (χ4n) is 1.89. The van der Waals surface area contributed by atoms with E-state index < -0.39 is 0 Å². The van der Waals surface area contributed by atoms with Crippen LogP contribution in [0.2, 0.25) is 0 Å². The minimum Gasteiger partial charge on any atom is -0.357 e. The second-order valence-corrected chi connectivity index (χ2v) is 5.46. The molecular weight excluding hydrogens is 278 g/mol. The molecule has 0 aliphatic heterocycles. The SMILES string of the molecule is CCC(CC)N(C)c1cc(Br)nc(C(C)C)n1. The molecule has 0 fully saturated rings. The van der Waals surface area contributed by atoms with Crippen molar-refractivity contribution >= 4 is 21.7 Å². The second-order valence-electron chi connectivity index (χ2n) is 4.64. The third-order valence-corrected chi connectivity index (χ3v) is 3.47. The van der Waals surface area contributed by atoms with Crippen molar-refractivity contribution in [3.05, 3.63) is 16.5 Å². The van der Waals surface area contributed by atoms with E-state index in [1.165, 1.54) is 0 Å². The van der Waals surface area contributed by atoms with Crippen molar-refractivity contribution in [3.63, 3.8) is 0 Å². The Morgan fingerprint density at radius 3 is 2.29 bits per heavy atom. The van der Waals surface area contributed by atoms with Crippen LogP contribution < -0.4 is 4.90 Å². The van der Waals surface area contributed by atoms with E-state index in [0.29, 0.717) is 12.0 Å². The minimum absolute atomic E-state index is 0.348. The molecule has 0 aromatic carbocycles. The predicted octanol–water partition coefficient (Wildman–Crippen LogP) is 3.99. The van der Waals surface area contributed by atoms with Gasteiger partial charge >= 0.3 is 0 Å². The Balaban J connectivity index is 3.04. The van der Waals surface area contributed by atoms with Gasteiger partial charge in [0.15, 0.2) is 0 Å². The van der Waals surface area contributed by atoms with Crippen LogP contribution in [0, 0.1) is 0 Å². The molecular formula is C13H22BrN3. The molecule has 1 aromatic heterocycles. The largest absolute Gasteiger partial charge is 0.357 e. The van der Waals surface area contributed by atoms with E-state index in [4.69, 9.17) is 0 Å². The van der Waals surface area contributed by atoms with Gasteiger partial charge in [-0.05, 0) is 28.8 Å². The van der Waals surface area contributed by atoms with Crippen LogP contribution in [0.3, 0.4) is 0 Å². The smallest absolute Gasteiger partial charge is 0.134 e. The van der Waals surface area contributed by atoms with Crippen LogP contribution >= 0.6 is 15.9 Å². The van der Waals surface area contributed by atoms with Crippen LogP contribution in [0.15, 0.2) is 10.7 Å². The molecule has 0 saturated carbocycles. The lowest BCUT2D eigenvalue weighted by Crippen LogP contribution is -2.31. The molecule has 0 aliphatic carbocycles. The molecule has 0 unspecified atom stereocenters. The van der Waals surface area contributed by atoms with E-state index in [1.54, 1.807) is 0 Å². The molecule has 0 aliphatic rings. The lowest BCUT2D eigenvalue weighted by molar-refractivity contribution is 0.583. The van der Waals surface area contributed by atoms with Gasteiger partial charge in [0.2, 0.25) is 0 Å². The number of aromatic nitrogens is 2. The standard InChI is InChI=1S/C13H22BrN3/c1-6-10(7-2)17(5)12-8-11(14)15-13(16-12)9(3)4/h8-10H,6-7H2,1-5H3. The first kappa shape index (κ1) is 14.4. The van der Waals surface area contributed by atoms with Crippen molar-refractivity contribution in [2.45, 2.75) is 52.5 Å². The summed E-state index contributed by atoms with van der Waals surface area (Å²) in [5, 5.41) is 0. The maximum atomic E-state index is 4.63. The van der Waals surface area contributed by atoms with Crippen molar-refractivity contribution in [1.82, 2.24) is 9.97 Å². The van der Waals surface area contributed by atoms with Gasteiger partial charge in [-0.25, -0.2) is 9.97 Å². The Bertz CT molecular complexity index is 362. The third-order valence-electron chi connectivity index (χ3n) is 3.07. The molecule has 96 valence electrons. The van der Waals surface area contributed by atoms with Gasteiger partial charge in [-0.2, -0.15) is 0 Å². The van der Waals surface area contributed by atoms with E-state index in [2.05, 4.69) is 65.5 Å². The molecule has 4 heteroatoms. The summed E-state index contributed by atoms with van der Waals surface area (Å²) in [6.07, 6.45) is 2.26. The summed E-state index contributed by atoms with van der Waals surface area (Å²) in [4.78, 5) is 11.3. The van der Waals surface area contributed by atoms with Gasteiger partial charge in [0.05, 0.1) is 0 Å². The average Bonchev–Trinajstić information content (AvgIpc) is 2.29. The van der Waals surface area contributed by atoms with Gasteiger partial charge < -0.3 is 4.90 Å². The topological polar surface area (TPSA) is 29.0 Å². The zero-order chi connectivity index (χ0) is 13.0. The van der Waals surface area contributed by atoms with Crippen LogP contribution in [0.1, 0.15) is 52.3 Å². The highest BCUT2D eigenvalue weighted by Crippen LogP contribution is 2.22. The quantitative estimate of drug-likeness (QED) is 0.770. The zero-order valence-electron chi connectivity index (χ0n) is 11.4. The maximum absolute atomic E-state index is 4.63. The highest BCUT2D eigenvalue weighted by Gasteiger charge is 2.15. The Kier molecular flexibility index (Phi) is 5.37. The molecule has 1 rings (SSSR count). The molecule has 0 saturated heterocycles. The number of hydrogen-bond acceptors (Lipinski definition) is 3. The molecule has 1 heterocycles. The summed E-state index contributed by atoms with van der Waals surface area (Å²) in [5.74, 6) is 2.25. The number of rotatable bonds is 5. The fraction of sp³-hybridized carbons (Fsp3) is 0.692. The van der Waals surface area contributed by atoms with Gasteiger partial charge in [0.25, 0.3) is 0 Å². The van der Waals surface area contributed by atoms with Crippen molar-refractivity contribution in [3.8, 4) is 0 Å². The van der Waals surface area contributed by atoms with Gasteiger partial charge in [0, 0.05) is 25.1 Å². The molecule has 0 N–H and O–H groups in total. The van der Waals surface area contributed by atoms with Crippen molar-refractivity contribution in [1.29, 1.82) is 0 Å². The summed E-state index contributed by atoms with van der Waals surface area (Å²) >= 11 is 3.46. The lowest BCUT2D eigenvalue weighted by Gasteiger charge is -2.27. The third kappa shape index (κ3) is 3.66. The highest BCUT2D eigenvalue weighted by molar-refractivity contribution is 9.10. The van der Waals surface area contributed by atoms with Crippen LogP contribution in [0.4, 0.5) is 5.82 Å². The molecule has 17 heavy (non-hydrogen) atoms. The van der Waals surface area contributed by atoms with Gasteiger partial charge in [-0.15, -0.1) is 0 Å². The number of nitrogens with zero attached hydrogens (tertiary/aromatic N) is 3. The molecule has 0 atom stereocenters. The lowest BCUT2D eigenvalue weighted by atomic mass is 10.1. The van der Waals surface area contributed by atoms with Crippen molar-refractivity contribution < 1.29 is 0 Å². The summed E-state index contributed by atoms with van der Waals surface area (Å²) in [6, 6.07) is 2.53. The Labute approximate surface area is 113 Å². The van der Waals surface area contributed by atoms with Gasteiger partial charge in [-0.3, -0.25) is 0 Å². The first-order valence-corrected chi connectivity index (χ1v) is 7.06. The highest BCUT2D eigenvalue weighted by atomic mass is 79.9. The number of halogens is 1. The first-order chi connectivity index (χ1) is 7.99. The molecule has 3 nitrogen and oxygen atoms in total.